The number of nitrogens with one attached hydrogen (secondary N) is 1. The Morgan fingerprint density at radius 3 is 1.75 bits per heavy atom. The first-order valence-corrected chi connectivity index (χ1v) is 5.54. The third kappa shape index (κ3) is 6.66. The maximum absolute atomic E-state index is 3.46. The second-order valence-corrected chi connectivity index (χ2v) is 2.95. The molecule has 0 aromatic rings. The zero-order chi connectivity index (χ0) is 9.98. The number of hydrogen-bond donors (Lipinski definition) is 1. The molecule has 1 unspecified atom stereocenters. The lowest BCUT2D eigenvalue weighted by molar-refractivity contribution is 0.452. The molecule has 1 N–H and O–H groups in total. The van der Waals surface area contributed by atoms with E-state index in [1.54, 1.807) is 0 Å². The van der Waals surface area contributed by atoms with Crippen LogP contribution in [0.1, 0.15) is 54.4 Å². The van der Waals surface area contributed by atoms with Gasteiger partial charge in [0.1, 0.15) is 0 Å². The van der Waals surface area contributed by atoms with Gasteiger partial charge in [-0.3, -0.25) is 0 Å². The van der Waals surface area contributed by atoms with Gasteiger partial charge >= 0.3 is 0 Å². The fourth-order valence-corrected chi connectivity index (χ4v) is 1.28. The van der Waals surface area contributed by atoms with Crippen LogP contribution in [0.25, 0.3) is 0 Å². The average molecular weight is 173 g/mol. The monoisotopic (exact) mass is 173 g/mol. The predicted octanol–water partition coefficient (Wildman–Crippen LogP) is 3.45. The Bertz CT molecular complexity index is 63.4. The fraction of sp³-hybridized carbons (Fsp3) is 1.00. The molecule has 76 valence electrons. The molecule has 12 heavy (non-hydrogen) atoms. The van der Waals surface area contributed by atoms with Crippen molar-refractivity contribution in [1.29, 1.82) is 0 Å². The molecule has 0 aromatic heterocycles. The van der Waals surface area contributed by atoms with Crippen molar-refractivity contribution in [1.82, 2.24) is 5.32 Å². The molecule has 1 heterocycles. The molecule has 0 aromatic carbocycles. The molecule has 1 saturated heterocycles. The molecule has 1 nitrogen and oxygen atoms in total. The Morgan fingerprint density at radius 1 is 1.08 bits per heavy atom. The highest BCUT2D eigenvalue weighted by Gasteiger charge is 2.16. The molecule has 1 atom stereocenters. The van der Waals surface area contributed by atoms with Crippen LogP contribution in [0.15, 0.2) is 0 Å². The van der Waals surface area contributed by atoms with Gasteiger partial charge in [-0.2, -0.15) is 0 Å². The van der Waals surface area contributed by atoms with E-state index >= 15 is 0 Å². The third-order valence-electron chi connectivity index (χ3n) is 1.90. The van der Waals surface area contributed by atoms with Gasteiger partial charge in [0.25, 0.3) is 0 Å². The van der Waals surface area contributed by atoms with Crippen LogP contribution < -0.4 is 5.32 Å². The molecular formula is C11H27N. The minimum absolute atomic E-state index is 0.815. The van der Waals surface area contributed by atoms with Gasteiger partial charge in [-0.1, -0.05) is 41.5 Å². The fourth-order valence-electron chi connectivity index (χ4n) is 1.28. The zero-order valence-electron chi connectivity index (χ0n) is 9.78. The lowest BCUT2D eigenvalue weighted by Crippen LogP contribution is -2.26. The minimum atomic E-state index is 0.815. The molecule has 0 saturated carbocycles. The third-order valence-corrected chi connectivity index (χ3v) is 1.90. The number of hydrogen-bond acceptors (Lipinski definition) is 1. The molecule has 0 bridgehead atoms. The lowest BCUT2D eigenvalue weighted by atomic mass is 10.0. The van der Waals surface area contributed by atoms with E-state index < -0.39 is 0 Å². The summed E-state index contributed by atoms with van der Waals surface area (Å²) in [5, 5.41) is 3.46. The Kier molecular flexibility index (Phi) is 13.2. The van der Waals surface area contributed by atoms with Gasteiger partial charge in [0.15, 0.2) is 0 Å². The number of rotatable bonds is 1. The highest BCUT2D eigenvalue weighted by atomic mass is 14.9. The van der Waals surface area contributed by atoms with Crippen LogP contribution >= 0.6 is 0 Å². The van der Waals surface area contributed by atoms with Crippen LogP contribution in [-0.4, -0.2) is 12.6 Å². The lowest BCUT2D eigenvalue weighted by Gasteiger charge is -2.12. The van der Waals surface area contributed by atoms with E-state index in [0.717, 1.165) is 12.0 Å². The highest BCUT2D eigenvalue weighted by molar-refractivity contribution is 4.76. The topological polar surface area (TPSA) is 12.0 Å². The molecule has 0 radical (unpaired) electrons. The van der Waals surface area contributed by atoms with Gasteiger partial charge < -0.3 is 5.32 Å². The van der Waals surface area contributed by atoms with E-state index in [9.17, 15) is 0 Å². The van der Waals surface area contributed by atoms with Crippen LogP contribution in [0.3, 0.4) is 0 Å². The Labute approximate surface area is 78.9 Å². The van der Waals surface area contributed by atoms with E-state index in [0.29, 0.717) is 0 Å². The van der Waals surface area contributed by atoms with E-state index in [4.69, 9.17) is 0 Å². The molecule has 0 spiro atoms. The molecule has 1 aliphatic heterocycles. The summed E-state index contributed by atoms with van der Waals surface area (Å²) in [6.45, 7) is 13.8. The first-order chi connectivity index (χ1) is 5.80. The van der Waals surface area contributed by atoms with Crippen LogP contribution in [-0.2, 0) is 0 Å². The van der Waals surface area contributed by atoms with Crippen molar-refractivity contribution >= 4 is 0 Å². The van der Waals surface area contributed by atoms with Gasteiger partial charge in [-0.15, -0.1) is 0 Å². The van der Waals surface area contributed by atoms with Crippen molar-refractivity contribution in [3.63, 3.8) is 0 Å². The van der Waals surface area contributed by atoms with Gasteiger partial charge in [0, 0.05) is 6.04 Å². The molecular weight excluding hydrogens is 146 g/mol. The minimum Gasteiger partial charge on any atom is -0.314 e. The SMILES string of the molecule is CC.CC.CC(C)C1CCCN1. The molecule has 0 aliphatic carbocycles. The maximum atomic E-state index is 3.46. The second-order valence-electron chi connectivity index (χ2n) is 2.95. The Morgan fingerprint density at radius 2 is 1.58 bits per heavy atom. The smallest absolute Gasteiger partial charge is 0.00905 e. The maximum Gasteiger partial charge on any atom is 0.00905 e. The van der Waals surface area contributed by atoms with Gasteiger partial charge in [0.05, 0.1) is 0 Å². The van der Waals surface area contributed by atoms with Crippen molar-refractivity contribution in [2.24, 2.45) is 5.92 Å². The standard InChI is InChI=1S/C7H15N.2C2H6/c1-6(2)7-4-3-5-8-7;2*1-2/h6-8H,3-5H2,1-2H3;2*1-2H3. The van der Waals surface area contributed by atoms with E-state index in [1.807, 2.05) is 27.7 Å². The van der Waals surface area contributed by atoms with E-state index in [2.05, 4.69) is 19.2 Å². The molecule has 1 heteroatoms. The van der Waals surface area contributed by atoms with Crippen LogP contribution in [0.4, 0.5) is 0 Å². The van der Waals surface area contributed by atoms with Crippen molar-refractivity contribution in [3.05, 3.63) is 0 Å². The molecule has 1 rings (SSSR count). The zero-order valence-corrected chi connectivity index (χ0v) is 9.78. The summed E-state index contributed by atoms with van der Waals surface area (Å²) >= 11 is 0. The van der Waals surface area contributed by atoms with Crippen molar-refractivity contribution in [2.45, 2.75) is 60.4 Å². The van der Waals surface area contributed by atoms with Gasteiger partial charge in [-0.05, 0) is 25.3 Å². The van der Waals surface area contributed by atoms with Crippen molar-refractivity contribution < 1.29 is 0 Å². The summed E-state index contributed by atoms with van der Waals surface area (Å²) < 4.78 is 0. The summed E-state index contributed by atoms with van der Waals surface area (Å²) in [5.41, 5.74) is 0. The van der Waals surface area contributed by atoms with E-state index in [1.165, 1.54) is 19.4 Å². The summed E-state index contributed by atoms with van der Waals surface area (Å²) in [6.07, 6.45) is 2.76. The largest absolute Gasteiger partial charge is 0.314 e. The highest BCUT2D eigenvalue weighted by Crippen LogP contribution is 2.12. The first-order valence-electron chi connectivity index (χ1n) is 5.54. The van der Waals surface area contributed by atoms with Crippen molar-refractivity contribution in [2.75, 3.05) is 6.54 Å². The van der Waals surface area contributed by atoms with Gasteiger partial charge in [0.2, 0.25) is 0 Å². The summed E-state index contributed by atoms with van der Waals surface area (Å²) in [7, 11) is 0. The normalized spacial score (nSPS) is 20.8. The average Bonchev–Trinajstić information content (AvgIpc) is 2.64. The van der Waals surface area contributed by atoms with Crippen molar-refractivity contribution in [3.8, 4) is 0 Å². The van der Waals surface area contributed by atoms with Crippen LogP contribution in [0.2, 0.25) is 0 Å². The summed E-state index contributed by atoms with van der Waals surface area (Å²) in [5.74, 6) is 0.831. The van der Waals surface area contributed by atoms with Gasteiger partial charge in [-0.25, -0.2) is 0 Å². The van der Waals surface area contributed by atoms with E-state index in [-0.39, 0.29) is 0 Å². The molecule has 1 fully saturated rings. The quantitative estimate of drug-likeness (QED) is 0.640. The molecule has 0 amide bonds. The summed E-state index contributed by atoms with van der Waals surface area (Å²) in [6, 6.07) is 0.815. The van der Waals surface area contributed by atoms with Crippen LogP contribution in [0.5, 0.6) is 0 Å². The summed E-state index contributed by atoms with van der Waals surface area (Å²) in [4.78, 5) is 0. The Hall–Kier alpha value is -0.0400. The predicted molar refractivity (Wildman–Crippen MR) is 58.6 cm³/mol. The van der Waals surface area contributed by atoms with Crippen LogP contribution in [0, 0.1) is 5.92 Å². The molecule has 1 aliphatic rings. The Balaban J connectivity index is 0. The first kappa shape index (κ1) is 14.5. The second kappa shape index (κ2) is 11.0.